The number of rotatable bonds is 8. The molecule has 1 aromatic rings. The summed E-state index contributed by atoms with van der Waals surface area (Å²) < 4.78 is 16.6. The number of ether oxygens (including phenoxy) is 3. The van der Waals surface area contributed by atoms with Gasteiger partial charge in [-0.05, 0) is 43.4 Å². The van der Waals surface area contributed by atoms with Crippen LogP contribution in [0.15, 0.2) is 24.3 Å². The van der Waals surface area contributed by atoms with E-state index in [1.54, 1.807) is 7.11 Å². The third-order valence-electron chi connectivity index (χ3n) is 4.01. The number of nitrogens with two attached hydrogens (primary N) is 1. The lowest BCUT2D eigenvalue weighted by molar-refractivity contribution is 0.0640. The monoisotopic (exact) mass is 279 g/mol. The van der Waals surface area contributed by atoms with Gasteiger partial charge in [-0.2, -0.15) is 0 Å². The van der Waals surface area contributed by atoms with Crippen molar-refractivity contribution in [3.63, 3.8) is 0 Å². The second kappa shape index (κ2) is 8.12. The Morgan fingerprint density at radius 1 is 1.10 bits per heavy atom. The highest BCUT2D eigenvalue weighted by molar-refractivity contribution is 5.39. The van der Waals surface area contributed by atoms with Gasteiger partial charge in [-0.15, -0.1) is 0 Å². The van der Waals surface area contributed by atoms with Crippen molar-refractivity contribution in [3.05, 3.63) is 24.3 Å². The lowest BCUT2D eigenvalue weighted by atomic mass is 9.97. The average molecular weight is 279 g/mol. The highest BCUT2D eigenvalue weighted by Gasteiger charge is 2.25. The van der Waals surface area contributed by atoms with Crippen LogP contribution in [-0.4, -0.2) is 33.5 Å². The summed E-state index contributed by atoms with van der Waals surface area (Å²) in [5.74, 6) is 2.79. The van der Waals surface area contributed by atoms with E-state index in [0.717, 1.165) is 24.7 Å². The van der Waals surface area contributed by atoms with E-state index in [4.69, 9.17) is 19.9 Å². The first-order chi connectivity index (χ1) is 9.85. The molecule has 1 aliphatic carbocycles. The molecule has 1 aliphatic rings. The van der Waals surface area contributed by atoms with Gasteiger partial charge in [-0.1, -0.05) is 18.6 Å². The van der Waals surface area contributed by atoms with Gasteiger partial charge in [0.15, 0.2) is 11.5 Å². The molecule has 1 saturated carbocycles. The Kier molecular flexibility index (Phi) is 6.15. The topological polar surface area (TPSA) is 53.7 Å². The normalized spacial score (nSPS) is 21.9. The van der Waals surface area contributed by atoms with E-state index in [2.05, 4.69) is 0 Å². The van der Waals surface area contributed by atoms with Gasteiger partial charge in [0.1, 0.15) is 6.61 Å². The van der Waals surface area contributed by atoms with Crippen molar-refractivity contribution < 1.29 is 14.2 Å². The maximum atomic E-state index is 5.77. The van der Waals surface area contributed by atoms with Crippen molar-refractivity contribution in [2.24, 2.45) is 17.6 Å². The fraction of sp³-hybridized carbons (Fsp3) is 0.625. The standard InChI is InChI=1S/C16H25NO3/c1-18-15-7-2-3-8-16(15)20-10-9-19-12-14-6-4-5-13(14)11-17/h2-3,7-8,13-14H,4-6,9-12,17H2,1H3. The largest absolute Gasteiger partial charge is 0.493 e. The van der Waals surface area contributed by atoms with Crippen LogP contribution in [0.3, 0.4) is 0 Å². The Morgan fingerprint density at radius 3 is 2.60 bits per heavy atom. The molecule has 4 heteroatoms. The second-order valence-electron chi connectivity index (χ2n) is 5.26. The molecule has 1 fully saturated rings. The number of hydrogen-bond acceptors (Lipinski definition) is 4. The van der Waals surface area contributed by atoms with Crippen LogP contribution in [0.25, 0.3) is 0 Å². The van der Waals surface area contributed by atoms with Gasteiger partial charge in [0, 0.05) is 6.61 Å². The Hall–Kier alpha value is -1.26. The molecule has 2 N–H and O–H groups in total. The molecule has 112 valence electrons. The number of para-hydroxylation sites is 2. The van der Waals surface area contributed by atoms with Crippen LogP contribution < -0.4 is 15.2 Å². The quantitative estimate of drug-likeness (QED) is 0.743. The number of benzene rings is 1. The third kappa shape index (κ3) is 4.12. The Bertz CT molecular complexity index is 397. The summed E-state index contributed by atoms with van der Waals surface area (Å²) in [6.45, 7) is 2.73. The molecule has 20 heavy (non-hydrogen) atoms. The number of hydrogen-bond donors (Lipinski definition) is 1. The maximum absolute atomic E-state index is 5.77. The van der Waals surface area contributed by atoms with E-state index in [-0.39, 0.29) is 0 Å². The molecular formula is C16H25NO3. The zero-order valence-electron chi connectivity index (χ0n) is 12.2. The first-order valence-corrected chi connectivity index (χ1v) is 7.38. The van der Waals surface area contributed by atoms with Crippen LogP contribution in [-0.2, 0) is 4.74 Å². The first kappa shape index (κ1) is 15.1. The summed E-state index contributed by atoms with van der Waals surface area (Å²) in [5.41, 5.74) is 5.77. The van der Waals surface area contributed by atoms with E-state index < -0.39 is 0 Å². The molecule has 0 heterocycles. The lowest BCUT2D eigenvalue weighted by Gasteiger charge is -2.18. The zero-order chi connectivity index (χ0) is 14.2. The van der Waals surface area contributed by atoms with E-state index in [1.807, 2.05) is 24.3 Å². The van der Waals surface area contributed by atoms with Crippen molar-refractivity contribution in [2.45, 2.75) is 19.3 Å². The molecule has 0 aromatic heterocycles. The highest BCUT2D eigenvalue weighted by atomic mass is 16.5. The minimum absolute atomic E-state index is 0.542. The molecule has 2 rings (SSSR count). The van der Waals surface area contributed by atoms with Gasteiger partial charge in [0.25, 0.3) is 0 Å². The van der Waals surface area contributed by atoms with Gasteiger partial charge in [0.2, 0.25) is 0 Å². The van der Waals surface area contributed by atoms with Gasteiger partial charge in [-0.3, -0.25) is 0 Å². The molecule has 2 unspecified atom stereocenters. The van der Waals surface area contributed by atoms with Crippen molar-refractivity contribution in [1.29, 1.82) is 0 Å². The lowest BCUT2D eigenvalue weighted by Crippen LogP contribution is -2.23. The van der Waals surface area contributed by atoms with Crippen LogP contribution >= 0.6 is 0 Å². The average Bonchev–Trinajstić information content (AvgIpc) is 2.95. The molecule has 0 spiro atoms. The molecule has 0 amide bonds. The van der Waals surface area contributed by atoms with Crippen molar-refractivity contribution in [2.75, 3.05) is 33.5 Å². The molecule has 2 atom stereocenters. The van der Waals surface area contributed by atoms with Crippen LogP contribution in [0.1, 0.15) is 19.3 Å². The molecule has 1 aromatic carbocycles. The predicted octanol–water partition coefficient (Wildman–Crippen LogP) is 2.47. The minimum atomic E-state index is 0.542. The zero-order valence-corrected chi connectivity index (χ0v) is 12.2. The van der Waals surface area contributed by atoms with Crippen LogP contribution in [0.4, 0.5) is 0 Å². The Balaban J connectivity index is 1.64. The number of methoxy groups -OCH3 is 1. The summed E-state index contributed by atoms with van der Waals surface area (Å²) in [6, 6.07) is 7.65. The highest BCUT2D eigenvalue weighted by Crippen LogP contribution is 2.31. The van der Waals surface area contributed by atoms with Gasteiger partial charge in [0.05, 0.1) is 13.7 Å². The summed E-state index contributed by atoms with van der Waals surface area (Å²) in [6.07, 6.45) is 3.78. The summed E-state index contributed by atoms with van der Waals surface area (Å²) in [7, 11) is 1.64. The van der Waals surface area contributed by atoms with E-state index in [9.17, 15) is 0 Å². The van der Waals surface area contributed by atoms with E-state index >= 15 is 0 Å². The van der Waals surface area contributed by atoms with Gasteiger partial charge >= 0.3 is 0 Å². The molecule has 0 aliphatic heterocycles. The third-order valence-corrected chi connectivity index (χ3v) is 4.01. The van der Waals surface area contributed by atoms with Crippen molar-refractivity contribution in [3.8, 4) is 11.5 Å². The van der Waals surface area contributed by atoms with Crippen LogP contribution in [0.2, 0.25) is 0 Å². The molecule has 4 nitrogen and oxygen atoms in total. The van der Waals surface area contributed by atoms with Crippen LogP contribution in [0, 0.1) is 11.8 Å². The summed E-state index contributed by atoms with van der Waals surface area (Å²) in [4.78, 5) is 0. The molecular weight excluding hydrogens is 254 g/mol. The molecule has 0 saturated heterocycles. The van der Waals surface area contributed by atoms with Crippen molar-refractivity contribution in [1.82, 2.24) is 0 Å². The SMILES string of the molecule is COc1ccccc1OCCOCC1CCCC1CN. The fourth-order valence-electron chi connectivity index (χ4n) is 2.83. The maximum Gasteiger partial charge on any atom is 0.161 e. The summed E-state index contributed by atoms with van der Waals surface area (Å²) in [5, 5.41) is 0. The molecule has 0 radical (unpaired) electrons. The predicted molar refractivity (Wildman–Crippen MR) is 79.2 cm³/mol. The minimum Gasteiger partial charge on any atom is -0.493 e. The van der Waals surface area contributed by atoms with Crippen molar-refractivity contribution >= 4 is 0 Å². The van der Waals surface area contributed by atoms with Gasteiger partial charge in [-0.25, -0.2) is 0 Å². The molecule has 0 bridgehead atoms. The van der Waals surface area contributed by atoms with Gasteiger partial charge < -0.3 is 19.9 Å². The van der Waals surface area contributed by atoms with E-state index in [1.165, 1.54) is 19.3 Å². The Labute approximate surface area is 121 Å². The summed E-state index contributed by atoms with van der Waals surface area (Å²) >= 11 is 0. The Morgan fingerprint density at radius 2 is 1.85 bits per heavy atom. The second-order valence-corrected chi connectivity index (χ2v) is 5.26. The fourth-order valence-corrected chi connectivity index (χ4v) is 2.83. The smallest absolute Gasteiger partial charge is 0.161 e. The van der Waals surface area contributed by atoms with E-state index in [0.29, 0.717) is 25.0 Å². The van der Waals surface area contributed by atoms with Crippen LogP contribution in [0.5, 0.6) is 11.5 Å². The first-order valence-electron chi connectivity index (χ1n) is 7.38.